The summed E-state index contributed by atoms with van der Waals surface area (Å²) in [6.45, 7) is 0.0943. The Hall–Kier alpha value is -1.40. The molecule has 0 saturated heterocycles. The molecule has 0 aromatic heterocycles. The highest BCUT2D eigenvalue weighted by molar-refractivity contribution is 7.80. The maximum atomic E-state index is 13.4. The van der Waals surface area contributed by atoms with Crippen LogP contribution in [0.3, 0.4) is 0 Å². The number of benzene rings is 1. The van der Waals surface area contributed by atoms with Crippen LogP contribution in [-0.2, 0) is 4.79 Å². The predicted molar refractivity (Wildman–Crippen MR) is 75.9 cm³/mol. The van der Waals surface area contributed by atoms with Crippen molar-refractivity contribution in [3.63, 3.8) is 0 Å². The third-order valence-corrected chi connectivity index (χ3v) is 2.88. The summed E-state index contributed by atoms with van der Waals surface area (Å²) in [5, 5.41) is 0.124. The number of thiocarbonyl (C=S) groups is 1. The summed E-state index contributed by atoms with van der Waals surface area (Å²) in [5.41, 5.74) is 5.34. The maximum Gasteiger partial charge on any atom is 0.260 e. The molecule has 1 aromatic carbocycles. The second-order valence-electron chi connectivity index (χ2n) is 3.87. The fourth-order valence-electron chi connectivity index (χ4n) is 1.27. The van der Waals surface area contributed by atoms with Gasteiger partial charge in [0.2, 0.25) is 0 Å². The average Bonchev–Trinajstić information content (AvgIpc) is 2.35. The van der Waals surface area contributed by atoms with Crippen molar-refractivity contribution in [2.24, 2.45) is 5.73 Å². The number of nitrogens with zero attached hydrogens (tertiary/aromatic N) is 1. The number of rotatable bonds is 6. The van der Waals surface area contributed by atoms with Crippen LogP contribution in [0.5, 0.6) is 5.75 Å². The van der Waals surface area contributed by atoms with Gasteiger partial charge >= 0.3 is 0 Å². The van der Waals surface area contributed by atoms with E-state index >= 15 is 0 Å². The third-order valence-electron chi connectivity index (χ3n) is 2.38. The Labute approximate surface area is 121 Å². The van der Waals surface area contributed by atoms with Gasteiger partial charge in [0.15, 0.2) is 18.2 Å². The predicted octanol–water partition coefficient (Wildman–Crippen LogP) is 1.99. The van der Waals surface area contributed by atoms with Crippen molar-refractivity contribution >= 4 is 34.7 Å². The van der Waals surface area contributed by atoms with Gasteiger partial charge in [0, 0.05) is 20.0 Å². The molecule has 0 spiro atoms. The topological polar surface area (TPSA) is 55.6 Å². The normalized spacial score (nSPS) is 10.1. The Morgan fingerprint density at radius 2 is 2.26 bits per heavy atom. The fourth-order valence-corrected chi connectivity index (χ4v) is 1.58. The van der Waals surface area contributed by atoms with Gasteiger partial charge in [0.25, 0.3) is 5.91 Å². The molecule has 1 rings (SSSR count). The minimum Gasteiger partial charge on any atom is -0.479 e. The van der Waals surface area contributed by atoms with Gasteiger partial charge in [-0.1, -0.05) is 29.9 Å². The molecule has 0 aliphatic heterocycles. The van der Waals surface area contributed by atoms with Crippen LogP contribution < -0.4 is 10.5 Å². The molecule has 104 valence electrons. The van der Waals surface area contributed by atoms with Crippen molar-refractivity contribution in [3.8, 4) is 5.75 Å². The molecule has 0 aliphatic carbocycles. The van der Waals surface area contributed by atoms with Gasteiger partial charge in [-0.25, -0.2) is 4.39 Å². The lowest BCUT2D eigenvalue weighted by Crippen LogP contribution is -2.33. The van der Waals surface area contributed by atoms with Crippen molar-refractivity contribution in [1.29, 1.82) is 0 Å². The van der Waals surface area contributed by atoms with E-state index in [1.807, 2.05) is 0 Å². The molecule has 0 bridgehead atoms. The Kier molecular flexibility index (Phi) is 5.98. The van der Waals surface area contributed by atoms with E-state index < -0.39 is 5.82 Å². The average molecular weight is 305 g/mol. The van der Waals surface area contributed by atoms with Crippen molar-refractivity contribution in [2.45, 2.75) is 6.42 Å². The van der Waals surface area contributed by atoms with Crippen LogP contribution in [0.1, 0.15) is 6.42 Å². The summed E-state index contributed by atoms with van der Waals surface area (Å²) < 4.78 is 18.5. The largest absolute Gasteiger partial charge is 0.479 e. The second kappa shape index (κ2) is 7.25. The van der Waals surface area contributed by atoms with Crippen molar-refractivity contribution in [1.82, 2.24) is 4.90 Å². The molecule has 0 aliphatic rings. The minimum absolute atomic E-state index is 0.124. The number of amides is 1. The van der Waals surface area contributed by atoms with Gasteiger partial charge in [-0.3, -0.25) is 4.79 Å². The molecule has 7 heteroatoms. The van der Waals surface area contributed by atoms with Gasteiger partial charge in [-0.15, -0.1) is 0 Å². The van der Waals surface area contributed by atoms with Gasteiger partial charge < -0.3 is 15.4 Å². The summed E-state index contributed by atoms with van der Waals surface area (Å²) in [6, 6.07) is 4.16. The van der Waals surface area contributed by atoms with E-state index in [0.717, 1.165) is 0 Å². The molecule has 0 heterocycles. The molecule has 1 aromatic rings. The molecule has 2 N–H and O–H groups in total. The first-order valence-corrected chi connectivity index (χ1v) is 6.29. The van der Waals surface area contributed by atoms with Crippen molar-refractivity contribution < 1.29 is 13.9 Å². The SMILES string of the molecule is CN(CCC(N)=S)C(=O)COc1c(F)cccc1Cl. The van der Waals surface area contributed by atoms with Gasteiger partial charge in [0.1, 0.15) is 0 Å². The summed E-state index contributed by atoms with van der Waals surface area (Å²) in [6.07, 6.45) is 0.429. The van der Waals surface area contributed by atoms with Crippen LogP contribution in [0.25, 0.3) is 0 Å². The Balaban J connectivity index is 2.52. The quantitative estimate of drug-likeness (QED) is 0.817. The van der Waals surface area contributed by atoms with Crippen molar-refractivity contribution in [2.75, 3.05) is 20.2 Å². The molecular formula is C12H14ClFN2O2S. The molecule has 0 unspecified atom stereocenters. The highest BCUT2D eigenvalue weighted by atomic mass is 35.5. The van der Waals surface area contributed by atoms with E-state index in [1.165, 1.54) is 23.1 Å². The lowest BCUT2D eigenvalue weighted by molar-refractivity contribution is -0.131. The molecule has 0 saturated carbocycles. The monoisotopic (exact) mass is 304 g/mol. The first-order chi connectivity index (χ1) is 8.91. The van der Waals surface area contributed by atoms with Crippen LogP contribution in [0.4, 0.5) is 4.39 Å². The van der Waals surface area contributed by atoms with E-state index in [9.17, 15) is 9.18 Å². The summed E-state index contributed by atoms with van der Waals surface area (Å²) in [5.74, 6) is -1.04. The number of carbonyl (C=O) groups is 1. The van der Waals surface area contributed by atoms with E-state index in [1.54, 1.807) is 7.05 Å². The number of likely N-dealkylation sites (N-methyl/N-ethyl adjacent to an activating group) is 1. The Morgan fingerprint density at radius 1 is 1.58 bits per heavy atom. The summed E-state index contributed by atoms with van der Waals surface area (Å²) in [4.78, 5) is 13.4. The van der Waals surface area contributed by atoms with Gasteiger partial charge in [-0.2, -0.15) is 0 Å². The number of halogens is 2. The molecule has 0 atom stereocenters. The molecular weight excluding hydrogens is 291 g/mol. The first-order valence-electron chi connectivity index (χ1n) is 5.51. The number of hydrogen-bond acceptors (Lipinski definition) is 3. The highest BCUT2D eigenvalue weighted by Gasteiger charge is 2.13. The molecule has 4 nitrogen and oxygen atoms in total. The second-order valence-corrected chi connectivity index (χ2v) is 4.80. The fraction of sp³-hybridized carbons (Fsp3) is 0.333. The molecule has 0 fully saturated rings. The number of carbonyl (C=O) groups excluding carboxylic acids is 1. The maximum absolute atomic E-state index is 13.4. The van der Waals surface area contributed by atoms with Crippen LogP contribution in [0.2, 0.25) is 5.02 Å². The van der Waals surface area contributed by atoms with Gasteiger partial charge in [0.05, 0.1) is 10.0 Å². The lowest BCUT2D eigenvalue weighted by atomic mass is 10.3. The number of ether oxygens (including phenoxy) is 1. The zero-order valence-electron chi connectivity index (χ0n) is 10.4. The third kappa shape index (κ3) is 5.00. The van der Waals surface area contributed by atoms with E-state index in [0.29, 0.717) is 18.0 Å². The van der Waals surface area contributed by atoms with Gasteiger partial charge in [-0.05, 0) is 12.1 Å². The van der Waals surface area contributed by atoms with Crippen LogP contribution >= 0.6 is 23.8 Å². The molecule has 1 amide bonds. The highest BCUT2D eigenvalue weighted by Crippen LogP contribution is 2.27. The Bertz CT molecular complexity index is 465. The smallest absolute Gasteiger partial charge is 0.260 e. The van der Waals surface area contributed by atoms with Crippen LogP contribution in [0.15, 0.2) is 18.2 Å². The standard InChI is InChI=1S/C12H14ClFN2O2S/c1-16(6-5-10(15)19)11(17)7-18-12-8(13)3-2-4-9(12)14/h2-4H,5-7H2,1H3,(H2,15,19). The first kappa shape index (κ1) is 15.7. The van der Waals surface area contributed by atoms with E-state index in [-0.39, 0.29) is 23.3 Å². The van der Waals surface area contributed by atoms with E-state index in [4.69, 9.17) is 34.3 Å². The van der Waals surface area contributed by atoms with E-state index in [2.05, 4.69) is 0 Å². The number of para-hydroxylation sites is 1. The zero-order chi connectivity index (χ0) is 14.4. The number of hydrogen-bond donors (Lipinski definition) is 1. The summed E-state index contributed by atoms with van der Waals surface area (Å²) >= 11 is 10.5. The summed E-state index contributed by atoms with van der Waals surface area (Å²) in [7, 11) is 1.59. The zero-order valence-corrected chi connectivity index (χ0v) is 11.9. The molecule has 19 heavy (non-hydrogen) atoms. The lowest BCUT2D eigenvalue weighted by Gasteiger charge is -2.17. The van der Waals surface area contributed by atoms with Crippen LogP contribution in [-0.4, -0.2) is 36.0 Å². The number of nitrogens with two attached hydrogens (primary N) is 1. The Morgan fingerprint density at radius 3 is 2.84 bits per heavy atom. The van der Waals surface area contributed by atoms with Crippen LogP contribution in [0, 0.1) is 5.82 Å². The minimum atomic E-state index is -0.605. The van der Waals surface area contributed by atoms with Crippen molar-refractivity contribution in [3.05, 3.63) is 29.0 Å². The molecule has 0 radical (unpaired) electrons.